The molecule has 0 bridgehead atoms. The Morgan fingerprint density at radius 1 is 0.700 bits per heavy atom. The molecule has 0 aliphatic heterocycles. The van der Waals surface area contributed by atoms with Crippen LogP contribution in [0.3, 0.4) is 0 Å². The lowest BCUT2D eigenvalue weighted by Gasteiger charge is -2.20. The van der Waals surface area contributed by atoms with E-state index in [9.17, 15) is 9.59 Å². The van der Waals surface area contributed by atoms with Gasteiger partial charge in [0.15, 0.2) is 13.2 Å². The highest BCUT2D eigenvalue weighted by molar-refractivity contribution is 5.99. The van der Waals surface area contributed by atoms with Crippen molar-refractivity contribution in [2.45, 2.75) is 27.7 Å². The highest BCUT2D eigenvalue weighted by atomic mass is 16.5. The van der Waals surface area contributed by atoms with Crippen LogP contribution >= 0.6 is 0 Å². The number of benzene rings is 4. The number of fused-ring (bicyclic) bond motifs is 2. The summed E-state index contributed by atoms with van der Waals surface area (Å²) in [6, 6.07) is 29.5. The number of hydrogen-bond acceptors (Lipinski definition) is 8. The molecule has 4 heterocycles. The summed E-state index contributed by atoms with van der Waals surface area (Å²) >= 11 is 0. The summed E-state index contributed by atoms with van der Waals surface area (Å²) in [5.74, 6) is 0.332. The number of carbonyl (C=O) groups excluding carboxylic acids is 2. The number of hydrogen-bond donors (Lipinski definition) is 4. The molecule has 12 nitrogen and oxygen atoms in total. The van der Waals surface area contributed by atoms with Crippen LogP contribution in [0.1, 0.15) is 33.4 Å². The summed E-state index contributed by atoms with van der Waals surface area (Å²) in [5, 5.41) is 10.4. The Kier molecular flexibility index (Phi) is 11.3. The largest absolute Gasteiger partial charge is 0.483 e. The van der Waals surface area contributed by atoms with Gasteiger partial charge in [-0.25, -0.2) is 10.9 Å². The minimum Gasteiger partial charge on any atom is -0.483 e. The van der Waals surface area contributed by atoms with Gasteiger partial charge in [-0.15, -0.1) is 0 Å². The first-order chi connectivity index (χ1) is 29.2. The monoisotopic (exact) mass is 794 g/mol. The first-order valence-electron chi connectivity index (χ1n) is 19.4. The third-order valence-electron chi connectivity index (χ3n) is 10.1. The molecule has 0 atom stereocenters. The Morgan fingerprint density at radius 3 is 2.23 bits per heavy atom. The van der Waals surface area contributed by atoms with Gasteiger partial charge in [0, 0.05) is 86.3 Å². The SMILES string of the molecule is Cc1cc(C)c(OCC(=O)NN=Cc2cccc3[nH]ccc23)c(-c2ccc(-c3c(C)cc(-c4cccnc4)c(OCC(=O)NN=Cc4ccc5[nH]ccc5c4)c3C)nc2)c1. The van der Waals surface area contributed by atoms with E-state index in [0.29, 0.717) is 11.5 Å². The summed E-state index contributed by atoms with van der Waals surface area (Å²) in [6.45, 7) is 7.47. The molecule has 0 saturated carbocycles. The van der Waals surface area contributed by atoms with Crippen LogP contribution in [-0.2, 0) is 9.59 Å². The predicted octanol–water partition coefficient (Wildman–Crippen LogP) is 8.73. The third-order valence-corrected chi connectivity index (χ3v) is 10.1. The number of aromatic amines is 2. The molecule has 0 fully saturated rings. The van der Waals surface area contributed by atoms with Gasteiger partial charge in [0.25, 0.3) is 11.8 Å². The Balaban J connectivity index is 0.998. The van der Waals surface area contributed by atoms with Crippen molar-refractivity contribution in [1.82, 2.24) is 30.8 Å². The van der Waals surface area contributed by atoms with Crippen molar-refractivity contribution in [2.75, 3.05) is 13.2 Å². The van der Waals surface area contributed by atoms with Crippen LogP contribution in [0.25, 0.3) is 55.3 Å². The fourth-order valence-electron chi connectivity index (χ4n) is 7.41. The number of ether oxygens (including phenoxy) is 2. The predicted molar refractivity (Wildman–Crippen MR) is 236 cm³/mol. The van der Waals surface area contributed by atoms with E-state index in [1.165, 1.54) is 0 Å². The highest BCUT2D eigenvalue weighted by Gasteiger charge is 2.20. The van der Waals surface area contributed by atoms with E-state index in [0.717, 1.165) is 88.7 Å². The molecule has 60 heavy (non-hydrogen) atoms. The minimum atomic E-state index is -0.405. The second-order valence-electron chi connectivity index (χ2n) is 14.5. The molecule has 0 spiro atoms. The van der Waals surface area contributed by atoms with Gasteiger partial charge < -0.3 is 19.4 Å². The summed E-state index contributed by atoms with van der Waals surface area (Å²) < 4.78 is 12.4. The van der Waals surface area contributed by atoms with Crippen LogP contribution in [0.5, 0.6) is 11.5 Å². The standard InChI is InChI=1S/C48H42N8O4/c1-29-19-31(3)47(59-27-44(57)56-54-26-36-7-5-9-42-38(36)15-18-51-42)39(20-29)37-11-13-43(52-25-37)46-30(2)21-40(35-8-6-16-49-24-35)48(32(46)4)60-28-45(58)55-53-23-33-10-12-41-34(22-33)14-17-50-41/h5-26,50-51H,27-28H2,1-4H3,(H,55,58)(H,56,57). The van der Waals surface area contributed by atoms with Crippen LogP contribution in [0.4, 0.5) is 0 Å². The lowest BCUT2D eigenvalue weighted by Crippen LogP contribution is -2.25. The van der Waals surface area contributed by atoms with Gasteiger partial charge in [0.2, 0.25) is 0 Å². The molecular formula is C48H42N8O4. The van der Waals surface area contributed by atoms with E-state index >= 15 is 0 Å². The molecule has 12 heteroatoms. The summed E-state index contributed by atoms with van der Waals surface area (Å²) in [7, 11) is 0. The molecule has 0 radical (unpaired) electrons. The van der Waals surface area contributed by atoms with Crippen LogP contribution in [-0.4, -0.2) is 57.4 Å². The third kappa shape index (κ3) is 8.53. The molecule has 4 aromatic heterocycles. The van der Waals surface area contributed by atoms with Gasteiger partial charge in [0.05, 0.1) is 18.1 Å². The number of nitrogens with zero attached hydrogens (tertiary/aromatic N) is 4. The number of nitrogens with one attached hydrogen (secondary N) is 4. The Hall–Kier alpha value is -7.86. The number of amides is 2. The number of pyridine rings is 2. The smallest absolute Gasteiger partial charge is 0.277 e. The van der Waals surface area contributed by atoms with E-state index in [2.05, 4.69) is 36.0 Å². The van der Waals surface area contributed by atoms with Crippen LogP contribution in [0, 0.1) is 27.7 Å². The van der Waals surface area contributed by atoms with Crippen LogP contribution in [0.2, 0.25) is 0 Å². The first-order valence-corrected chi connectivity index (χ1v) is 19.4. The normalized spacial score (nSPS) is 11.5. The van der Waals surface area contributed by atoms with Gasteiger partial charge in [0.1, 0.15) is 11.5 Å². The van der Waals surface area contributed by atoms with Gasteiger partial charge in [-0.2, -0.15) is 10.2 Å². The molecule has 2 amide bonds. The van der Waals surface area contributed by atoms with Crippen LogP contribution < -0.4 is 20.3 Å². The van der Waals surface area contributed by atoms with E-state index in [1.807, 2.05) is 131 Å². The molecule has 0 saturated heterocycles. The average Bonchev–Trinajstić information content (AvgIpc) is 3.94. The molecule has 0 unspecified atom stereocenters. The zero-order chi connectivity index (χ0) is 41.6. The second-order valence-corrected chi connectivity index (χ2v) is 14.5. The maximum absolute atomic E-state index is 13.0. The fourth-order valence-corrected chi connectivity index (χ4v) is 7.41. The second kappa shape index (κ2) is 17.3. The Labute approximate surface area is 346 Å². The van der Waals surface area contributed by atoms with Crippen molar-refractivity contribution in [3.8, 4) is 45.0 Å². The summed E-state index contributed by atoms with van der Waals surface area (Å²) in [6.07, 6.45) is 12.2. The van der Waals surface area contributed by atoms with Crippen molar-refractivity contribution in [3.05, 3.63) is 155 Å². The minimum absolute atomic E-state index is 0.229. The summed E-state index contributed by atoms with van der Waals surface area (Å²) in [4.78, 5) is 41.5. The van der Waals surface area contributed by atoms with E-state index in [-0.39, 0.29) is 19.1 Å². The van der Waals surface area contributed by atoms with Crippen molar-refractivity contribution in [2.24, 2.45) is 10.2 Å². The zero-order valence-corrected chi connectivity index (χ0v) is 33.5. The molecule has 298 valence electrons. The molecule has 0 aliphatic carbocycles. The quantitative estimate of drug-likeness (QED) is 0.0675. The number of hydrazone groups is 2. The Morgan fingerprint density at radius 2 is 1.45 bits per heavy atom. The van der Waals surface area contributed by atoms with Gasteiger partial charge >= 0.3 is 0 Å². The molecule has 0 aliphatic rings. The molecular weight excluding hydrogens is 753 g/mol. The van der Waals surface area contributed by atoms with Crippen molar-refractivity contribution >= 4 is 46.0 Å². The van der Waals surface area contributed by atoms with Crippen LogP contribution in [0.15, 0.2) is 132 Å². The van der Waals surface area contributed by atoms with E-state index < -0.39 is 5.91 Å². The molecule has 8 rings (SSSR count). The molecule has 8 aromatic rings. The lowest BCUT2D eigenvalue weighted by molar-refractivity contribution is -0.123. The maximum Gasteiger partial charge on any atom is 0.277 e. The number of aromatic nitrogens is 4. The van der Waals surface area contributed by atoms with Gasteiger partial charge in [-0.1, -0.05) is 36.4 Å². The number of aryl methyl sites for hydroxylation is 3. The molecule has 4 N–H and O–H groups in total. The average molecular weight is 795 g/mol. The highest BCUT2D eigenvalue weighted by Crippen LogP contribution is 2.41. The number of H-pyrrole nitrogens is 2. The Bertz CT molecular complexity index is 2910. The van der Waals surface area contributed by atoms with Crippen molar-refractivity contribution in [3.63, 3.8) is 0 Å². The summed E-state index contributed by atoms with van der Waals surface area (Å²) in [5.41, 5.74) is 17.5. The zero-order valence-electron chi connectivity index (χ0n) is 33.5. The fraction of sp³-hybridized carbons (Fsp3) is 0.125. The topological polar surface area (TPSA) is 159 Å². The van der Waals surface area contributed by atoms with E-state index in [4.69, 9.17) is 14.5 Å². The maximum atomic E-state index is 13.0. The van der Waals surface area contributed by atoms with E-state index in [1.54, 1.807) is 31.0 Å². The lowest BCUT2D eigenvalue weighted by atomic mass is 9.92. The molecule has 4 aromatic carbocycles. The first kappa shape index (κ1) is 39.0. The van der Waals surface area contributed by atoms with Gasteiger partial charge in [-0.3, -0.25) is 19.6 Å². The van der Waals surface area contributed by atoms with Gasteiger partial charge in [-0.05, 0) is 110 Å². The van der Waals surface area contributed by atoms with Crippen molar-refractivity contribution in [1.29, 1.82) is 0 Å². The number of carbonyl (C=O) groups is 2. The van der Waals surface area contributed by atoms with Crippen molar-refractivity contribution < 1.29 is 19.1 Å². The number of rotatable bonds is 13.